The fourth-order valence-electron chi connectivity index (χ4n) is 6.74. The van der Waals surface area contributed by atoms with E-state index in [-0.39, 0.29) is 23.6 Å². The third-order valence-corrected chi connectivity index (χ3v) is 10.9. The number of nitrogens with two attached hydrogens (primary N) is 2. The number of hydrogen-bond donors (Lipinski definition) is 7. The van der Waals surface area contributed by atoms with Crippen LogP contribution in [0.2, 0.25) is 0 Å². The highest BCUT2D eigenvalue weighted by molar-refractivity contribution is 7.47. The first-order valence-electron chi connectivity index (χ1n) is 13.6. The Morgan fingerprint density at radius 2 is 1.89 bits per heavy atom. The van der Waals surface area contributed by atoms with Gasteiger partial charge in [0.15, 0.2) is 23.5 Å². The van der Waals surface area contributed by atoms with Crippen molar-refractivity contribution in [3.8, 4) is 0 Å². The van der Waals surface area contributed by atoms with Gasteiger partial charge in [-0.25, -0.2) is 28.8 Å². The van der Waals surface area contributed by atoms with Crippen LogP contribution in [0.5, 0.6) is 0 Å². The molecule has 2 aliphatic carbocycles. The number of fused-ring (bicyclic) bond motifs is 4. The molecule has 4 fully saturated rings. The lowest BCUT2D eigenvalue weighted by atomic mass is 10.0. The lowest BCUT2D eigenvalue weighted by Gasteiger charge is -2.30. The number of aliphatic hydroxyl groups is 2. The van der Waals surface area contributed by atoms with Crippen LogP contribution >= 0.6 is 15.6 Å². The van der Waals surface area contributed by atoms with Gasteiger partial charge in [0.05, 0.1) is 37.3 Å². The van der Waals surface area contributed by atoms with Crippen LogP contribution in [-0.4, -0.2) is 93.0 Å². The molecule has 2 saturated carbocycles. The van der Waals surface area contributed by atoms with Crippen molar-refractivity contribution in [1.29, 1.82) is 0 Å². The molecule has 22 nitrogen and oxygen atoms in total. The van der Waals surface area contributed by atoms with E-state index in [0.29, 0.717) is 11.2 Å². The highest BCUT2D eigenvalue weighted by atomic mass is 31.2. The van der Waals surface area contributed by atoms with Crippen LogP contribution in [0, 0.1) is 11.3 Å². The summed E-state index contributed by atoms with van der Waals surface area (Å²) in [6, 6.07) is -0.809. The maximum Gasteiger partial charge on any atom is 0.472 e. The predicted molar refractivity (Wildman–Crippen MR) is 143 cm³/mol. The van der Waals surface area contributed by atoms with Gasteiger partial charge in [0.2, 0.25) is 0 Å². The smallest absolute Gasteiger partial charge is 0.388 e. The molecule has 8 rings (SSSR count). The molecular formula is C21H27N11O11P2. The number of nitrogens with one attached hydrogen (secondary N) is 1. The molecule has 3 aliphatic heterocycles. The standard InChI is InChI=1S/C21H27N11O11P2/c22-16-7-2-27-32(18(7)29-30-28-16)20-14-12(33)9(41-20)3-39-44(35,36)43-15-13(34)11(8-1-21(8,15)4-40-45(37,38)42-14)31-6-26-10-17(23)24-5-25-19(10)31/h2,5-6,8-9,11-16,20,33-34H,1,3-4,22H2,(H,28,29)(H,35,36)(H,37,38)(H2,23,24,25). The van der Waals surface area contributed by atoms with Crippen LogP contribution < -0.4 is 16.9 Å². The molecule has 0 radical (unpaired) electrons. The number of phosphoric acid groups is 2. The zero-order valence-corrected chi connectivity index (χ0v) is 24.6. The van der Waals surface area contributed by atoms with E-state index in [2.05, 4.69) is 35.8 Å². The number of imidazole rings is 1. The van der Waals surface area contributed by atoms with Crippen LogP contribution in [0.3, 0.4) is 0 Å². The second-order valence-corrected chi connectivity index (χ2v) is 14.3. The second-order valence-electron chi connectivity index (χ2n) is 11.4. The number of rotatable bonds is 2. The average Bonchev–Trinajstić information content (AvgIpc) is 3.28. The summed E-state index contributed by atoms with van der Waals surface area (Å²) in [4.78, 5) is 34.0. The largest absolute Gasteiger partial charge is 0.472 e. The first-order chi connectivity index (χ1) is 21.4. The van der Waals surface area contributed by atoms with E-state index in [0.717, 1.165) is 4.68 Å². The Balaban J connectivity index is 1.13. The number of hydrogen-bond acceptors (Lipinski definition) is 18. The monoisotopic (exact) mass is 671 g/mol. The Hall–Kier alpha value is -2.98. The van der Waals surface area contributed by atoms with Crippen molar-refractivity contribution < 1.29 is 52.0 Å². The molecule has 0 aromatic carbocycles. The summed E-state index contributed by atoms with van der Waals surface area (Å²) in [5, 5.41) is 34.4. The van der Waals surface area contributed by atoms with Gasteiger partial charge in [-0.3, -0.25) is 23.5 Å². The van der Waals surface area contributed by atoms with Gasteiger partial charge >= 0.3 is 15.6 Å². The van der Waals surface area contributed by atoms with E-state index in [4.69, 9.17) is 34.3 Å². The molecule has 6 heterocycles. The van der Waals surface area contributed by atoms with Crippen molar-refractivity contribution in [3.63, 3.8) is 0 Å². The molecule has 242 valence electrons. The van der Waals surface area contributed by atoms with E-state index in [9.17, 15) is 29.1 Å². The number of nitrogen functional groups attached to an aromatic ring is 1. The third-order valence-electron chi connectivity index (χ3n) is 8.95. The topological polar surface area (TPSA) is 311 Å². The van der Waals surface area contributed by atoms with E-state index in [1.165, 1.54) is 18.9 Å². The maximum atomic E-state index is 13.4. The molecule has 45 heavy (non-hydrogen) atoms. The van der Waals surface area contributed by atoms with Gasteiger partial charge < -0.3 is 40.8 Å². The lowest BCUT2D eigenvalue weighted by Crippen LogP contribution is -2.38. The first-order valence-corrected chi connectivity index (χ1v) is 16.6. The van der Waals surface area contributed by atoms with E-state index in [1.54, 1.807) is 4.57 Å². The van der Waals surface area contributed by atoms with E-state index < -0.39 is 89.1 Å². The van der Waals surface area contributed by atoms with Gasteiger partial charge in [-0.2, -0.15) is 5.10 Å². The molecule has 2 saturated heterocycles. The molecule has 12 atom stereocenters. The van der Waals surface area contributed by atoms with Crippen LogP contribution in [0.25, 0.3) is 11.2 Å². The Morgan fingerprint density at radius 3 is 2.71 bits per heavy atom. The molecule has 12 unspecified atom stereocenters. The van der Waals surface area contributed by atoms with Crippen molar-refractivity contribution in [3.05, 3.63) is 24.4 Å². The molecule has 0 amide bonds. The predicted octanol–water partition coefficient (Wildman–Crippen LogP) is -0.937. The van der Waals surface area contributed by atoms with Gasteiger partial charge in [-0.05, 0) is 12.3 Å². The molecule has 2 bridgehead atoms. The van der Waals surface area contributed by atoms with Gasteiger partial charge in [-0.1, -0.05) is 5.22 Å². The number of nitrogens with zero attached hydrogens (tertiary/aromatic N) is 8. The minimum atomic E-state index is -5.00. The zero-order valence-electron chi connectivity index (χ0n) is 22.8. The van der Waals surface area contributed by atoms with Crippen LogP contribution in [-0.2, 0) is 32.0 Å². The summed E-state index contributed by atoms with van der Waals surface area (Å²) in [7, 11) is -9.96. The van der Waals surface area contributed by atoms with Gasteiger partial charge in [-0.15, -0.1) is 5.11 Å². The highest BCUT2D eigenvalue weighted by Crippen LogP contribution is 2.72. The Bertz CT molecular complexity index is 1810. The quantitative estimate of drug-likeness (QED) is 0.162. The Morgan fingerprint density at radius 1 is 1.09 bits per heavy atom. The van der Waals surface area contributed by atoms with Crippen LogP contribution in [0.1, 0.15) is 30.4 Å². The molecule has 3 aromatic rings. The zero-order chi connectivity index (χ0) is 31.5. The Labute approximate surface area is 251 Å². The molecule has 3 aromatic heterocycles. The van der Waals surface area contributed by atoms with Crippen LogP contribution in [0.15, 0.2) is 29.2 Å². The molecular weight excluding hydrogens is 644 g/mol. The first kappa shape index (κ1) is 29.4. The SMILES string of the molecule is Nc1ncnc2c1ncn2C1C(O)C2OP(=O)(O)OCC3OC(n4ncc5c4N=NNC5N)C(OP(=O)(O)OCC24CC14)C3O. The molecule has 9 N–H and O–H groups in total. The number of phosphoric ester groups is 2. The van der Waals surface area contributed by atoms with Crippen molar-refractivity contribution >= 4 is 38.4 Å². The van der Waals surface area contributed by atoms with Gasteiger partial charge in [0, 0.05) is 5.41 Å². The summed E-state index contributed by atoms with van der Waals surface area (Å²) in [5.41, 5.74) is 14.2. The third kappa shape index (κ3) is 4.56. The molecule has 24 heteroatoms. The van der Waals surface area contributed by atoms with E-state index >= 15 is 0 Å². The number of aromatic nitrogens is 6. The summed E-state index contributed by atoms with van der Waals surface area (Å²) < 4.78 is 56.9. The van der Waals surface area contributed by atoms with Gasteiger partial charge in [0.25, 0.3) is 0 Å². The fraction of sp³-hybridized carbons (Fsp3) is 0.619. The maximum absolute atomic E-state index is 13.4. The summed E-state index contributed by atoms with van der Waals surface area (Å²) in [6.07, 6.45) is -5.45. The Kier molecular flexibility index (Phi) is 6.54. The van der Waals surface area contributed by atoms with Crippen molar-refractivity contribution in [2.24, 2.45) is 27.4 Å². The normalized spacial score (nSPS) is 44.2. The lowest BCUT2D eigenvalue weighted by molar-refractivity contribution is -0.0710. The number of ether oxygens (including phenoxy) is 1. The number of anilines is 1. The minimum Gasteiger partial charge on any atom is -0.388 e. The highest BCUT2D eigenvalue weighted by Gasteiger charge is 2.74. The second kappa shape index (κ2) is 10.0. The van der Waals surface area contributed by atoms with Crippen molar-refractivity contribution in [2.75, 3.05) is 18.9 Å². The van der Waals surface area contributed by atoms with Crippen molar-refractivity contribution in [2.45, 2.75) is 55.4 Å². The summed E-state index contributed by atoms with van der Waals surface area (Å²) >= 11 is 0. The molecule has 5 aliphatic rings. The minimum absolute atomic E-state index is 0.112. The average molecular weight is 671 g/mol. The summed E-state index contributed by atoms with van der Waals surface area (Å²) in [5.74, 6) is -0.263. The summed E-state index contributed by atoms with van der Waals surface area (Å²) in [6.45, 7) is -1.27. The number of aliphatic hydroxyl groups excluding tert-OH is 2. The van der Waals surface area contributed by atoms with Gasteiger partial charge in [0.1, 0.15) is 48.5 Å². The van der Waals surface area contributed by atoms with Crippen molar-refractivity contribution in [1.82, 2.24) is 34.7 Å². The molecule has 1 spiro atoms. The van der Waals surface area contributed by atoms with Crippen LogP contribution in [0.4, 0.5) is 11.6 Å². The van der Waals surface area contributed by atoms with E-state index in [1.807, 2.05) is 0 Å². The fourth-order valence-corrected chi connectivity index (χ4v) is 8.76.